The maximum absolute atomic E-state index is 12.3. The van der Waals surface area contributed by atoms with Gasteiger partial charge >= 0.3 is 32.4 Å². The zero-order valence-corrected chi connectivity index (χ0v) is 21.1. The molecule has 0 atom stereocenters. The van der Waals surface area contributed by atoms with Crippen LogP contribution in [0, 0.1) is 0 Å². The number of halogens is 2. The summed E-state index contributed by atoms with van der Waals surface area (Å²) in [5, 5.41) is 1.37. The minimum absolute atomic E-state index is 0. The molecule has 0 aliphatic carbocycles. The molecule has 2 aromatic heterocycles. The molecule has 6 nitrogen and oxygen atoms in total. The van der Waals surface area contributed by atoms with Gasteiger partial charge in [0.1, 0.15) is 0 Å². The summed E-state index contributed by atoms with van der Waals surface area (Å²) in [6, 6.07) is 17.9. The predicted octanol–water partition coefficient (Wildman–Crippen LogP) is -1.97. The molecule has 0 bridgehead atoms. The zero-order chi connectivity index (χ0) is 19.7. The number of nitrogens with zero attached hydrogens (tertiary/aromatic N) is 2. The van der Waals surface area contributed by atoms with Gasteiger partial charge in [-0.3, -0.25) is 0 Å². The van der Waals surface area contributed by atoms with Crippen molar-refractivity contribution in [1.82, 2.24) is 9.97 Å². The molecule has 4 rings (SSSR count). The third-order valence-corrected chi connectivity index (χ3v) is 4.51. The van der Waals surface area contributed by atoms with E-state index in [1.165, 1.54) is 14.2 Å². The molecule has 162 valence electrons. The molecular weight excluding hydrogens is 622 g/mol. The van der Waals surface area contributed by atoms with E-state index in [1.54, 1.807) is 12.1 Å². The first-order valence-corrected chi connectivity index (χ1v) is 8.59. The maximum Gasteiger partial charge on any atom is 2.00 e. The Balaban J connectivity index is 0.00000160. The predicted molar refractivity (Wildman–Crippen MR) is 105 cm³/mol. The standard InChI is InChI=1S/C22H16N2O4.2BrH.Pd/c1-27-21(25)15-11-19(23-17-9-5-3-7-13(15)17)20-12-16(22(26)28-2)14-8-4-6-10-18(14)24-20;;;/h3-12H,1-2H3;2*1H;/q;;;+2/p-2. The summed E-state index contributed by atoms with van der Waals surface area (Å²) < 4.78 is 9.85. The molecule has 0 aliphatic rings. The monoisotopic (exact) mass is 636 g/mol. The van der Waals surface area contributed by atoms with E-state index in [2.05, 4.69) is 9.97 Å². The summed E-state index contributed by atoms with van der Waals surface area (Å²) in [5.41, 5.74) is 2.98. The van der Waals surface area contributed by atoms with E-state index in [0.717, 1.165) is 0 Å². The van der Waals surface area contributed by atoms with Crippen LogP contribution >= 0.6 is 0 Å². The summed E-state index contributed by atoms with van der Waals surface area (Å²) in [4.78, 5) is 33.9. The Kier molecular flexibility index (Phi) is 9.91. The Morgan fingerprint density at radius 1 is 0.677 bits per heavy atom. The Bertz CT molecular complexity index is 1150. The maximum atomic E-state index is 12.3. The molecule has 0 spiro atoms. The normalized spacial score (nSPS) is 9.74. The van der Waals surface area contributed by atoms with E-state index >= 15 is 0 Å². The van der Waals surface area contributed by atoms with E-state index in [9.17, 15) is 9.59 Å². The summed E-state index contributed by atoms with van der Waals surface area (Å²) in [6.45, 7) is 0. The fourth-order valence-electron chi connectivity index (χ4n) is 3.17. The molecule has 4 aromatic rings. The zero-order valence-electron chi connectivity index (χ0n) is 16.4. The van der Waals surface area contributed by atoms with Crippen LogP contribution in [0.3, 0.4) is 0 Å². The molecule has 2 aromatic carbocycles. The first-order chi connectivity index (χ1) is 13.6. The van der Waals surface area contributed by atoms with Crippen LogP contribution in [0.1, 0.15) is 20.7 Å². The molecular formula is C22H16Br2N2O4Pd. The van der Waals surface area contributed by atoms with E-state index in [4.69, 9.17) is 9.47 Å². The number of rotatable bonds is 3. The molecule has 0 saturated heterocycles. The first kappa shape index (κ1) is 26.9. The van der Waals surface area contributed by atoms with Crippen molar-refractivity contribution in [2.75, 3.05) is 14.2 Å². The van der Waals surface area contributed by atoms with Crippen LogP contribution in [-0.4, -0.2) is 36.1 Å². The van der Waals surface area contributed by atoms with Crippen molar-refractivity contribution in [3.05, 3.63) is 71.8 Å². The van der Waals surface area contributed by atoms with E-state index in [0.29, 0.717) is 44.3 Å². The van der Waals surface area contributed by atoms with Gasteiger partial charge in [-0.2, -0.15) is 0 Å². The third-order valence-electron chi connectivity index (χ3n) is 4.51. The van der Waals surface area contributed by atoms with Crippen molar-refractivity contribution in [3.8, 4) is 11.4 Å². The Hall–Kier alpha value is -2.18. The fraction of sp³-hybridized carbons (Fsp3) is 0.0909. The number of benzene rings is 2. The number of esters is 2. The number of ether oxygens (including phenoxy) is 2. The van der Waals surface area contributed by atoms with Crippen LogP contribution in [0.4, 0.5) is 0 Å². The second-order valence-corrected chi connectivity index (χ2v) is 6.13. The van der Waals surface area contributed by atoms with Crippen LogP contribution in [0.2, 0.25) is 0 Å². The molecule has 0 radical (unpaired) electrons. The van der Waals surface area contributed by atoms with Crippen molar-refractivity contribution in [2.24, 2.45) is 0 Å². The number of hydrogen-bond donors (Lipinski definition) is 0. The second-order valence-electron chi connectivity index (χ2n) is 6.13. The van der Waals surface area contributed by atoms with Crippen LogP contribution in [0.25, 0.3) is 33.2 Å². The number of pyridine rings is 2. The van der Waals surface area contributed by atoms with Crippen molar-refractivity contribution in [3.63, 3.8) is 0 Å². The first-order valence-electron chi connectivity index (χ1n) is 8.59. The molecule has 0 N–H and O–H groups in total. The molecule has 0 aliphatic heterocycles. The van der Waals surface area contributed by atoms with E-state index < -0.39 is 11.9 Å². The molecule has 2 heterocycles. The van der Waals surface area contributed by atoms with Crippen molar-refractivity contribution in [2.45, 2.75) is 0 Å². The molecule has 0 saturated carbocycles. The summed E-state index contributed by atoms with van der Waals surface area (Å²) in [7, 11) is 2.67. The van der Waals surface area contributed by atoms with Crippen molar-refractivity contribution in [1.29, 1.82) is 0 Å². The molecule has 0 amide bonds. The SMILES string of the molecule is COC(=O)c1cc(-c2cc(C(=O)OC)c3ccccc3n2)nc2ccccc12.[Br-].[Br-].[Pd+2]. The van der Waals surface area contributed by atoms with Crippen LogP contribution in [-0.2, 0) is 29.9 Å². The van der Waals surface area contributed by atoms with Gasteiger partial charge in [-0.1, -0.05) is 36.4 Å². The van der Waals surface area contributed by atoms with Crippen LogP contribution in [0.15, 0.2) is 60.7 Å². The van der Waals surface area contributed by atoms with Crippen molar-refractivity contribution >= 4 is 33.7 Å². The van der Waals surface area contributed by atoms with Gasteiger partial charge in [0.15, 0.2) is 0 Å². The number of methoxy groups -OCH3 is 2. The number of para-hydroxylation sites is 2. The number of carbonyl (C=O) groups is 2. The molecule has 0 unspecified atom stereocenters. The summed E-state index contributed by atoms with van der Waals surface area (Å²) in [5.74, 6) is -0.928. The second kappa shape index (κ2) is 11.4. The minimum Gasteiger partial charge on any atom is -1.00 e. The quantitative estimate of drug-likeness (QED) is 0.192. The van der Waals surface area contributed by atoms with Crippen LogP contribution in [0.5, 0.6) is 0 Å². The summed E-state index contributed by atoms with van der Waals surface area (Å²) >= 11 is 0. The minimum atomic E-state index is -0.464. The third kappa shape index (κ3) is 5.18. The van der Waals surface area contributed by atoms with Gasteiger partial charge in [0.2, 0.25) is 0 Å². The number of aromatic nitrogens is 2. The average Bonchev–Trinajstić information content (AvgIpc) is 2.76. The largest absolute Gasteiger partial charge is 2.00 e. The number of carbonyl (C=O) groups excluding carboxylic acids is 2. The van der Waals surface area contributed by atoms with Crippen molar-refractivity contribution < 1.29 is 73.4 Å². The topological polar surface area (TPSA) is 78.4 Å². The smallest absolute Gasteiger partial charge is 1.00 e. The molecule has 0 fully saturated rings. The fourth-order valence-corrected chi connectivity index (χ4v) is 3.17. The summed E-state index contributed by atoms with van der Waals surface area (Å²) in [6.07, 6.45) is 0. The average molecular weight is 639 g/mol. The van der Waals surface area contributed by atoms with Gasteiger partial charge in [0, 0.05) is 10.8 Å². The molecule has 31 heavy (non-hydrogen) atoms. The molecule has 9 heteroatoms. The van der Waals surface area contributed by atoms with Gasteiger partial charge in [0.05, 0.1) is 47.8 Å². The number of hydrogen-bond acceptors (Lipinski definition) is 6. The van der Waals surface area contributed by atoms with Gasteiger partial charge in [-0.05, 0) is 24.3 Å². The van der Waals surface area contributed by atoms with Gasteiger partial charge in [-0.25, -0.2) is 19.6 Å². The Morgan fingerprint density at radius 2 is 1.03 bits per heavy atom. The van der Waals surface area contributed by atoms with Crippen LogP contribution < -0.4 is 34.0 Å². The number of fused-ring (bicyclic) bond motifs is 2. The van der Waals surface area contributed by atoms with E-state index in [1.807, 2.05) is 48.5 Å². The van der Waals surface area contributed by atoms with Gasteiger partial charge in [0.25, 0.3) is 0 Å². The Morgan fingerprint density at radius 3 is 1.39 bits per heavy atom. The van der Waals surface area contributed by atoms with E-state index in [-0.39, 0.29) is 54.4 Å². The van der Waals surface area contributed by atoms with Gasteiger partial charge in [-0.15, -0.1) is 0 Å². The van der Waals surface area contributed by atoms with Gasteiger partial charge < -0.3 is 43.4 Å². The Labute approximate surface area is 213 Å².